The number of nitrogens with zero attached hydrogens (tertiary/aromatic N) is 1. The van der Waals surface area contributed by atoms with Crippen molar-refractivity contribution in [3.05, 3.63) is 42.3 Å². The quantitative estimate of drug-likeness (QED) is 0.889. The van der Waals surface area contributed by atoms with Gasteiger partial charge in [-0.3, -0.25) is 0 Å². The second-order valence-electron chi connectivity index (χ2n) is 5.68. The first-order chi connectivity index (χ1) is 9.01. The molecule has 0 amide bonds. The fourth-order valence-electron chi connectivity index (χ4n) is 2.09. The number of ether oxygens (including phenoxy) is 1. The standard InChI is InChI=1S/C16H22N2O/c1-4-16(2,3)12-5-8-14(9-6-12)19-15-10-7-13(17)11-18-15/h5,7-12H,4,6,17H2,1-3H3. The van der Waals surface area contributed by atoms with E-state index in [1.807, 2.05) is 6.08 Å². The highest BCUT2D eigenvalue weighted by Crippen LogP contribution is 2.36. The van der Waals surface area contributed by atoms with Crippen molar-refractivity contribution in [1.29, 1.82) is 0 Å². The molecule has 0 saturated carbocycles. The lowest BCUT2D eigenvalue weighted by Crippen LogP contribution is -2.22. The molecule has 1 unspecified atom stereocenters. The largest absolute Gasteiger partial charge is 0.439 e. The van der Waals surface area contributed by atoms with Crippen LogP contribution in [0.3, 0.4) is 0 Å². The van der Waals surface area contributed by atoms with Crippen LogP contribution in [0.1, 0.15) is 33.6 Å². The first kappa shape index (κ1) is 13.7. The van der Waals surface area contributed by atoms with Gasteiger partial charge in [0.2, 0.25) is 5.88 Å². The number of aromatic nitrogens is 1. The second kappa shape index (κ2) is 5.47. The topological polar surface area (TPSA) is 48.1 Å². The third-order valence-electron chi connectivity index (χ3n) is 3.96. The molecule has 0 aliphatic heterocycles. The van der Waals surface area contributed by atoms with Gasteiger partial charge < -0.3 is 10.5 Å². The number of hydrogen-bond acceptors (Lipinski definition) is 3. The number of nitrogens with two attached hydrogens (primary N) is 1. The van der Waals surface area contributed by atoms with E-state index in [4.69, 9.17) is 10.5 Å². The van der Waals surface area contributed by atoms with E-state index in [1.165, 1.54) is 6.42 Å². The lowest BCUT2D eigenvalue weighted by atomic mass is 9.74. The van der Waals surface area contributed by atoms with E-state index in [-0.39, 0.29) is 0 Å². The van der Waals surface area contributed by atoms with Crippen LogP contribution in [0.4, 0.5) is 5.69 Å². The van der Waals surface area contributed by atoms with Crippen LogP contribution in [0.25, 0.3) is 0 Å². The number of rotatable bonds is 4. The van der Waals surface area contributed by atoms with Crippen LogP contribution in [-0.4, -0.2) is 4.98 Å². The Bertz CT molecular complexity index is 486. The molecular formula is C16H22N2O. The minimum atomic E-state index is 0.331. The van der Waals surface area contributed by atoms with Gasteiger partial charge in [-0.25, -0.2) is 4.98 Å². The van der Waals surface area contributed by atoms with Crippen molar-refractivity contribution in [2.75, 3.05) is 5.73 Å². The fourth-order valence-corrected chi connectivity index (χ4v) is 2.09. The van der Waals surface area contributed by atoms with Crippen LogP contribution >= 0.6 is 0 Å². The summed E-state index contributed by atoms with van der Waals surface area (Å²) in [4.78, 5) is 4.13. The summed E-state index contributed by atoms with van der Waals surface area (Å²) in [6, 6.07) is 3.57. The van der Waals surface area contributed by atoms with Gasteiger partial charge in [0.25, 0.3) is 0 Å². The minimum absolute atomic E-state index is 0.331. The van der Waals surface area contributed by atoms with Crippen LogP contribution in [0, 0.1) is 11.3 Å². The molecule has 1 aliphatic rings. The van der Waals surface area contributed by atoms with E-state index >= 15 is 0 Å². The molecule has 3 nitrogen and oxygen atoms in total. The Hall–Kier alpha value is -1.77. The van der Waals surface area contributed by atoms with Gasteiger partial charge in [0.05, 0.1) is 11.9 Å². The van der Waals surface area contributed by atoms with Gasteiger partial charge in [0.15, 0.2) is 0 Å². The SMILES string of the molecule is CCC(C)(C)C1C=CC(Oc2ccc(N)cn2)=CC1. The first-order valence-corrected chi connectivity index (χ1v) is 6.79. The molecule has 0 radical (unpaired) electrons. The van der Waals surface area contributed by atoms with Gasteiger partial charge in [-0.15, -0.1) is 0 Å². The zero-order chi connectivity index (χ0) is 13.9. The van der Waals surface area contributed by atoms with Crippen molar-refractivity contribution in [3.8, 4) is 5.88 Å². The zero-order valence-corrected chi connectivity index (χ0v) is 11.9. The summed E-state index contributed by atoms with van der Waals surface area (Å²) in [5.41, 5.74) is 6.57. The van der Waals surface area contributed by atoms with Gasteiger partial charge >= 0.3 is 0 Å². The molecule has 1 atom stereocenters. The van der Waals surface area contributed by atoms with Gasteiger partial charge in [0.1, 0.15) is 5.76 Å². The predicted molar refractivity (Wildman–Crippen MR) is 78.7 cm³/mol. The highest BCUT2D eigenvalue weighted by atomic mass is 16.5. The summed E-state index contributed by atoms with van der Waals surface area (Å²) in [5.74, 6) is 2.02. The maximum atomic E-state index is 5.71. The third kappa shape index (κ3) is 3.37. The van der Waals surface area contributed by atoms with Crippen LogP contribution in [0.2, 0.25) is 0 Å². The Balaban J connectivity index is 1.99. The van der Waals surface area contributed by atoms with Crippen LogP contribution in [0.5, 0.6) is 5.88 Å². The molecule has 2 rings (SSSR count). The molecule has 2 N–H and O–H groups in total. The van der Waals surface area contributed by atoms with Gasteiger partial charge in [-0.1, -0.05) is 33.3 Å². The number of anilines is 1. The van der Waals surface area contributed by atoms with E-state index in [1.54, 1.807) is 18.3 Å². The number of pyridine rings is 1. The molecule has 0 aromatic carbocycles. The van der Waals surface area contributed by atoms with Crippen molar-refractivity contribution < 1.29 is 4.74 Å². The molecule has 0 fully saturated rings. The Labute approximate surface area is 115 Å². The summed E-state index contributed by atoms with van der Waals surface area (Å²) in [5, 5.41) is 0. The van der Waals surface area contributed by atoms with Crippen molar-refractivity contribution in [2.24, 2.45) is 11.3 Å². The van der Waals surface area contributed by atoms with Crippen molar-refractivity contribution >= 4 is 5.69 Å². The van der Waals surface area contributed by atoms with Gasteiger partial charge in [0, 0.05) is 6.07 Å². The monoisotopic (exact) mass is 258 g/mol. The van der Waals surface area contributed by atoms with E-state index in [2.05, 4.69) is 37.9 Å². The molecule has 1 aromatic rings. The number of nitrogen functional groups attached to an aromatic ring is 1. The molecule has 0 spiro atoms. The van der Waals surface area contributed by atoms with Crippen molar-refractivity contribution in [1.82, 2.24) is 4.98 Å². The average Bonchev–Trinajstić information content (AvgIpc) is 2.42. The average molecular weight is 258 g/mol. The number of allylic oxidation sites excluding steroid dienone is 3. The molecule has 102 valence electrons. The first-order valence-electron chi connectivity index (χ1n) is 6.79. The molecule has 0 bridgehead atoms. The maximum absolute atomic E-state index is 5.71. The zero-order valence-electron chi connectivity index (χ0n) is 11.9. The Morgan fingerprint density at radius 2 is 2.21 bits per heavy atom. The third-order valence-corrected chi connectivity index (χ3v) is 3.96. The molecular weight excluding hydrogens is 236 g/mol. The van der Waals surface area contributed by atoms with Crippen molar-refractivity contribution in [3.63, 3.8) is 0 Å². The summed E-state index contributed by atoms with van der Waals surface area (Å²) >= 11 is 0. The van der Waals surface area contributed by atoms with Crippen molar-refractivity contribution in [2.45, 2.75) is 33.6 Å². The summed E-state index contributed by atoms with van der Waals surface area (Å²) in [6.07, 6.45) is 10.2. The normalized spacial score (nSPS) is 19.1. The smallest absolute Gasteiger partial charge is 0.219 e. The Morgan fingerprint density at radius 3 is 2.74 bits per heavy atom. The highest BCUT2D eigenvalue weighted by molar-refractivity contribution is 5.36. The maximum Gasteiger partial charge on any atom is 0.219 e. The molecule has 1 heterocycles. The number of hydrogen-bond donors (Lipinski definition) is 1. The fraction of sp³-hybridized carbons (Fsp3) is 0.438. The molecule has 1 aliphatic carbocycles. The minimum Gasteiger partial charge on any atom is -0.439 e. The van der Waals surface area contributed by atoms with Gasteiger partial charge in [-0.05, 0) is 36.0 Å². The molecule has 19 heavy (non-hydrogen) atoms. The molecule has 3 heteroatoms. The lowest BCUT2D eigenvalue weighted by molar-refractivity contribution is 0.245. The van der Waals surface area contributed by atoms with Crippen LogP contribution < -0.4 is 10.5 Å². The molecule has 1 aromatic heterocycles. The Kier molecular flexibility index (Phi) is 3.93. The van der Waals surface area contributed by atoms with E-state index < -0.39 is 0 Å². The van der Waals surface area contributed by atoms with E-state index in [0.717, 1.165) is 12.2 Å². The second-order valence-corrected chi connectivity index (χ2v) is 5.68. The molecule has 0 saturated heterocycles. The van der Waals surface area contributed by atoms with E-state index in [0.29, 0.717) is 22.9 Å². The van der Waals surface area contributed by atoms with Crippen LogP contribution in [0.15, 0.2) is 42.3 Å². The van der Waals surface area contributed by atoms with E-state index in [9.17, 15) is 0 Å². The summed E-state index contributed by atoms with van der Waals surface area (Å²) in [7, 11) is 0. The van der Waals surface area contributed by atoms with Gasteiger partial charge in [-0.2, -0.15) is 0 Å². The predicted octanol–water partition coefficient (Wildman–Crippen LogP) is 3.94. The highest BCUT2D eigenvalue weighted by Gasteiger charge is 2.26. The summed E-state index contributed by atoms with van der Waals surface area (Å²) < 4.78 is 5.71. The lowest BCUT2D eigenvalue weighted by Gasteiger charge is -2.32. The van der Waals surface area contributed by atoms with Crippen LogP contribution in [-0.2, 0) is 0 Å². The Morgan fingerprint density at radius 1 is 1.42 bits per heavy atom. The summed E-state index contributed by atoms with van der Waals surface area (Å²) in [6.45, 7) is 6.86.